The average Bonchev–Trinajstić information content (AvgIpc) is 1.81. The molecule has 0 atom stereocenters. The van der Waals surface area contributed by atoms with E-state index in [0.29, 0.717) is 0 Å². The molecule has 0 unspecified atom stereocenters. The average molecular weight is 258 g/mol. The fraction of sp³-hybridized carbons (Fsp3) is 0.800. The van der Waals surface area contributed by atoms with Crippen LogP contribution in [0.4, 0.5) is 0 Å². The van der Waals surface area contributed by atoms with Gasteiger partial charge in [0.05, 0.1) is 0 Å². The molecule has 0 aromatic rings. The Morgan fingerprint density at radius 2 is 1.45 bits per heavy atom. The second kappa shape index (κ2) is 5.11. The van der Waals surface area contributed by atoms with Gasteiger partial charge >= 0.3 is 80.6 Å². The van der Waals surface area contributed by atoms with Gasteiger partial charge in [0.15, 0.2) is 0 Å². The standard InChI is InChI=1S/C5H12Cl2GeN3/c1-10(2)5(11(3)4)9-8(6)7/h1-4H3. The first-order chi connectivity index (χ1) is 4.95. The van der Waals surface area contributed by atoms with Crippen LogP contribution in [0.2, 0.25) is 0 Å². The first-order valence-corrected chi connectivity index (χ1v) is 9.51. The number of rotatable bonds is 1. The molecule has 11 heavy (non-hydrogen) atoms. The van der Waals surface area contributed by atoms with Crippen molar-refractivity contribution in [1.29, 1.82) is 0 Å². The number of halogens is 2. The molecular formula is C5H12Cl2GeN3. The van der Waals surface area contributed by atoms with Gasteiger partial charge in [0.1, 0.15) is 0 Å². The molecule has 0 aromatic heterocycles. The molecule has 0 saturated carbocycles. The maximum atomic E-state index is 5.65. The molecule has 0 spiro atoms. The molecule has 3 nitrogen and oxygen atoms in total. The summed E-state index contributed by atoms with van der Waals surface area (Å²) >= 11 is -2.13. The molecule has 0 saturated heterocycles. The topological polar surface area (TPSA) is 18.8 Å². The third kappa shape index (κ3) is 4.77. The predicted molar refractivity (Wildman–Crippen MR) is 52.3 cm³/mol. The van der Waals surface area contributed by atoms with E-state index in [4.69, 9.17) is 20.0 Å². The van der Waals surface area contributed by atoms with Gasteiger partial charge in [0.2, 0.25) is 0 Å². The van der Waals surface area contributed by atoms with Crippen molar-refractivity contribution in [2.75, 3.05) is 28.2 Å². The number of nitrogens with zero attached hydrogens (tertiary/aromatic N) is 3. The van der Waals surface area contributed by atoms with Crippen molar-refractivity contribution in [3.63, 3.8) is 0 Å². The van der Waals surface area contributed by atoms with Crippen LogP contribution < -0.4 is 0 Å². The van der Waals surface area contributed by atoms with E-state index in [1.54, 1.807) is 0 Å². The van der Waals surface area contributed by atoms with Crippen LogP contribution in [0.3, 0.4) is 0 Å². The number of hydrogen-bond acceptors (Lipinski definition) is 1. The first kappa shape index (κ1) is 11.4. The summed E-state index contributed by atoms with van der Waals surface area (Å²) in [6.45, 7) is 0. The maximum absolute atomic E-state index is 5.65. The molecule has 0 bridgehead atoms. The van der Waals surface area contributed by atoms with Crippen molar-refractivity contribution >= 4 is 38.7 Å². The van der Waals surface area contributed by atoms with Crippen molar-refractivity contribution in [2.24, 2.45) is 3.95 Å². The summed E-state index contributed by atoms with van der Waals surface area (Å²) in [6, 6.07) is 0. The molecule has 0 rings (SSSR count). The second-order valence-corrected chi connectivity index (χ2v) is 8.65. The fourth-order valence-electron chi connectivity index (χ4n) is 0.676. The van der Waals surface area contributed by atoms with E-state index < -0.39 is 12.7 Å². The Morgan fingerprint density at radius 1 is 1.09 bits per heavy atom. The Balaban J connectivity index is 4.33. The van der Waals surface area contributed by atoms with Gasteiger partial charge in [-0.3, -0.25) is 0 Å². The second-order valence-electron chi connectivity index (χ2n) is 2.44. The molecule has 0 fully saturated rings. The van der Waals surface area contributed by atoms with Crippen molar-refractivity contribution in [1.82, 2.24) is 9.80 Å². The first-order valence-electron chi connectivity index (χ1n) is 3.06. The summed E-state index contributed by atoms with van der Waals surface area (Å²) in [4.78, 5) is 3.77. The van der Waals surface area contributed by atoms with Gasteiger partial charge in [-0.1, -0.05) is 0 Å². The molecule has 65 valence electrons. The summed E-state index contributed by atoms with van der Waals surface area (Å²) in [5.74, 6) is 0.824. The minimum absolute atomic E-state index is 0.824. The number of hydrogen-bond donors (Lipinski definition) is 0. The van der Waals surface area contributed by atoms with Crippen LogP contribution in [0.5, 0.6) is 0 Å². The Labute approximate surface area is 80.7 Å². The molecule has 0 aliphatic heterocycles. The molecule has 0 heterocycles. The van der Waals surface area contributed by atoms with Gasteiger partial charge in [0.25, 0.3) is 0 Å². The minimum atomic E-state index is -2.13. The number of guanidine groups is 1. The Morgan fingerprint density at radius 3 is 1.55 bits per heavy atom. The summed E-state index contributed by atoms with van der Waals surface area (Å²) in [7, 11) is 18.9. The Hall–Kier alpha value is 0.393. The molecule has 0 amide bonds. The predicted octanol–water partition coefficient (Wildman–Crippen LogP) is 0.928. The van der Waals surface area contributed by atoms with Crippen LogP contribution in [0.25, 0.3) is 0 Å². The zero-order valence-electron chi connectivity index (χ0n) is 7.10. The van der Waals surface area contributed by atoms with Crippen LogP contribution >= 0.6 is 20.0 Å². The van der Waals surface area contributed by atoms with E-state index in [0.717, 1.165) is 5.96 Å². The molecule has 0 aliphatic carbocycles. The monoisotopic (exact) mass is 258 g/mol. The summed E-state index contributed by atoms with van der Waals surface area (Å²) in [6.07, 6.45) is 0. The summed E-state index contributed by atoms with van der Waals surface area (Å²) in [5, 5.41) is 0. The van der Waals surface area contributed by atoms with E-state index >= 15 is 0 Å². The van der Waals surface area contributed by atoms with Gasteiger partial charge in [-0.05, 0) is 0 Å². The van der Waals surface area contributed by atoms with E-state index in [-0.39, 0.29) is 0 Å². The molecular weight excluding hydrogens is 246 g/mol. The van der Waals surface area contributed by atoms with E-state index in [1.807, 2.05) is 38.0 Å². The molecule has 1 radical (unpaired) electrons. The Bertz CT molecular complexity index is 137. The normalized spacial score (nSPS) is 9.73. The van der Waals surface area contributed by atoms with Crippen LogP contribution in [-0.4, -0.2) is 56.7 Å². The SMILES string of the molecule is CN(C)C(=[N][Ge]([Cl])[Cl])N(C)C. The van der Waals surface area contributed by atoms with Gasteiger partial charge in [0, 0.05) is 0 Å². The summed E-state index contributed by atoms with van der Waals surface area (Å²) < 4.78 is 4.14. The van der Waals surface area contributed by atoms with Crippen LogP contribution in [0, 0.1) is 0 Å². The van der Waals surface area contributed by atoms with Crippen molar-refractivity contribution in [3.05, 3.63) is 0 Å². The van der Waals surface area contributed by atoms with Gasteiger partial charge < -0.3 is 0 Å². The van der Waals surface area contributed by atoms with Crippen LogP contribution in [-0.2, 0) is 0 Å². The van der Waals surface area contributed by atoms with Gasteiger partial charge in [-0.15, -0.1) is 0 Å². The molecule has 0 N–H and O–H groups in total. The molecule has 0 aromatic carbocycles. The zero-order chi connectivity index (χ0) is 9.02. The van der Waals surface area contributed by atoms with Crippen molar-refractivity contribution < 1.29 is 0 Å². The van der Waals surface area contributed by atoms with E-state index in [2.05, 4.69) is 3.95 Å². The van der Waals surface area contributed by atoms with Crippen molar-refractivity contribution in [2.45, 2.75) is 0 Å². The molecule has 0 aliphatic rings. The van der Waals surface area contributed by atoms with Gasteiger partial charge in [-0.2, -0.15) is 0 Å². The Kier molecular flexibility index (Phi) is 5.29. The third-order valence-corrected chi connectivity index (χ3v) is 2.64. The van der Waals surface area contributed by atoms with Gasteiger partial charge in [-0.25, -0.2) is 0 Å². The van der Waals surface area contributed by atoms with E-state index in [1.165, 1.54) is 0 Å². The fourth-order valence-corrected chi connectivity index (χ4v) is 2.62. The van der Waals surface area contributed by atoms with Crippen LogP contribution in [0.15, 0.2) is 3.95 Å². The van der Waals surface area contributed by atoms with E-state index in [9.17, 15) is 0 Å². The van der Waals surface area contributed by atoms with Crippen molar-refractivity contribution in [3.8, 4) is 0 Å². The summed E-state index contributed by atoms with van der Waals surface area (Å²) in [5.41, 5.74) is 0. The quantitative estimate of drug-likeness (QED) is 0.395. The molecule has 6 heteroatoms. The van der Waals surface area contributed by atoms with Crippen LogP contribution in [0.1, 0.15) is 0 Å². The zero-order valence-corrected chi connectivity index (χ0v) is 10.7. The third-order valence-electron chi connectivity index (χ3n) is 0.985.